The standard InChI is InChI=1S/C22H26N4O3/c1-4-19-18(13-25-26(19)21-10-5-6-11-23-21)22(28)24-14-20(27)16-8-7-9-17(12-16)29-15(2)3/h5-13,15,20,27H,4,14H2,1-3H3,(H,24,28). The second kappa shape index (κ2) is 9.34. The van der Waals surface area contributed by atoms with E-state index in [4.69, 9.17) is 4.74 Å². The lowest BCUT2D eigenvalue weighted by atomic mass is 10.1. The molecule has 0 saturated carbocycles. The molecule has 1 amide bonds. The summed E-state index contributed by atoms with van der Waals surface area (Å²) in [5.41, 5.74) is 1.92. The van der Waals surface area contributed by atoms with E-state index in [2.05, 4.69) is 15.4 Å². The van der Waals surface area contributed by atoms with E-state index in [1.165, 1.54) is 6.20 Å². The van der Waals surface area contributed by atoms with Crippen LogP contribution in [0.4, 0.5) is 0 Å². The Morgan fingerprint density at radius 1 is 1.24 bits per heavy atom. The van der Waals surface area contributed by atoms with Crippen LogP contribution >= 0.6 is 0 Å². The number of aromatic nitrogens is 3. The third-order valence-corrected chi connectivity index (χ3v) is 4.39. The number of rotatable bonds is 8. The van der Waals surface area contributed by atoms with Gasteiger partial charge in [0.1, 0.15) is 5.75 Å². The van der Waals surface area contributed by atoms with Crippen molar-refractivity contribution < 1.29 is 14.6 Å². The number of amides is 1. The molecule has 2 heterocycles. The molecule has 0 bridgehead atoms. The molecule has 0 fully saturated rings. The lowest BCUT2D eigenvalue weighted by Crippen LogP contribution is -2.29. The van der Waals surface area contributed by atoms with Crippen LogP contribution in [0.1, 0.15) is 48.5 Å². The Hall–Kier alpha value is -3.19. The molecule has 7 nitrogen and oxygen atoms in total. The molecule has 1 aromatic carbocycles. The average Bonchev–Trinajstić information content (AvgIpc) is 3.16. The van der Waals surface area contributed by atoms with Gasteiger partial charge in [0.25, 0.3) is 5.91 Å². The zero-order chi connectivity index (χ0) is 20.8. The topological polar surface area (TPSA) is 89.3 Å². The number of benzene rings is 1. The van der Waals surface area contributed by atoms with Crippen LogP contribution in [0, 0.1) is 0 Å². The maximum atomic E-state index is 12.7. The number of hydrogen-bond acceptors (Lipinski definition) is 5. The molecule has 3 rings (SSSR count). The largest absolute Gasteiger partial charge is 0.491 e. The predicted molar refractivity (Wildman–Crippen MR) is 110 cm³/mol. The Balaban J connectivity index is 1.69. The first-order chi connectivity index (χ1) is 14.0. The second-order valence-corrected chi connectivity index (χ2v) is 6.92. The Labute approximate surface area is 170 Å². The van der Waals surface area contributed by atoms with Gasteiger partial charge in [-0.25, -0.2) is 9.67 Å². The van der Waals surface area contributed by atoms with Crippen molar-refractivity contribution in [2.45, 2.75) is 39.4 Å². The first kappa shape index (κ1) is 20.5. The molecule has 1 atom stereocenters. The molecule has 0 aliphatic rings. The normalized spacial score (nSPS) is 12.0. The van der Waals surface area contributed by atoms with Gasteiger partial charge in [-0.1, -0.05) is 25.1 Å². The SMILES string of the molecule is CCc1c(C(=O)NCC(O)c2cccc(OC(C)C)c2)cnn1-c1ccccn1. The molecule has 1 unspecified atom stereocenters. The van der Waals surface area contributed by atoms with Crippen molar-refractivity contribution in [1.82, 2.24) is 20.1 Å². The number of pyridine rings is 1. The zero-order valence-electron chi connectivity index (χ0n) is 16.9. The van der Waals surface area contributed by atoms with E-state index in [1.807, 2.05) is 51.1 Å². The van der Waals surface area contributed by atoms with Gasteiger partial charge in [0.15, 0.2) is 5.82 Å². The van der Waals surface area contributed by atoms with Crippen molar-refractivity contribution in [2.24, 2.45) is 0 Å². The molecule has 0 aliphatic carbocycles. The fraction of sp³-hybridized carbons (Fsp3) is 0.318. The van der Waals surface area contributed by atoms with E-state index in [1.54, 1.807) is 23.0 Å². The van der Waals surface area contributed by atoms with E-state index in [-0.39, 0.29) is 18.6 Å². The van der Waals surface area contributed by atoms with Crippen LogP contribution < -0.4 is 10.1 Å². The summed E-state index contributed by atoms with van der Waals surface area (Å²) in [5, 5.41) is 17.6. The zero-order valence-corrected chi connectivity index (χ0v) is 16.9. The second-order valence-electron chi connectivity index (χ2n) is 6.92. The Bertz CT molecular complexity index is 954. The molecule has 0 radical (unpaired) electrons. The highest BCUT2D eigenvalue weighted by Crippen LogP contribution is 2.20. The van der Waals surface area contributed by atoms with Crippen molar-refractivity contribution in [3.05, 3.63) is 71.7 Å². The molecule has 7 heteroatoms. The Kier molecular flexibility index (Phi) is 6.61. The molecule has 0 spiro atoms. The van der Waals surface area contributed by atoms with Gasteiger partial charge in [-0.2, -0.15) is 5.10 Å². The van der Waals surface area contributed by atoms with Crippen LogP contribution in [0.25, 0.3) is 5.82 Å². The van der Waals surface area contributed by atoms with E-state index in [0.717, 1.165) is 5.69 Å². The number of hydrogen-bond donors (Lipinski definition) is 2. The van der Waals surface area contributed by atoms with Crippen molar-refractivity contribution >= 4 is 5.91 Å². The first-order valence-electron chi connectivity index (χ1n) is 9.70. The first-order valence-corrected chi connectivity index (χ1v) is 9.70. The number of aliphatic hydroxyl groups excluding tert-OH is 1. The highest BCUT2D eigenvalue weighted by Gasteiger charge is 2.19. The summed E-state index contributed by atoms with van der Waals surface area (Å²) in [5.74, 6) is 1.07. The van der Waals surface area contributed by atoms with Crippen LogP contribution in [0.2, 0.25) is 0 Å². The molecule has 0 aliphatic heterocycles. The predicted octanol–water partition coefficient (Wildman–Crippen LogP) is 3.08. The summed E-state index contributed by atoms with van der Waals surface area (Å²) in [4.78, 5) is 17.0. The lowest BCUT2D eigenvalue weighted by Gasteiger charge is -2.15. The summed E-state index contributed by atoms with van der Waals surface area (Å²) in [6.07, 6.45) is 3.04. The van der Waals surface area contributed by atoms with E-state index < -0.39 is 6.10 Å². The van der Waals surface area contributed by atoms with Crippen LogP contribution in [0.5, 0.6) is 5.75 Å². The van der Waals surface area contributed by atoms with Crippen molar-refractivity contribution in [2.75, 3.05) is 6.54 Å². The van der Waals surface area contributed by atoms with E-state index >= 15 is 0 Å². The summed E-state index contributed by atoms with van der Waals surface area (Å²) in [6.45, 7) is 5.93. The van der Waals surface area contributed by atoms with E-state index in [9.17, 15) is 9.90 Å². The molecule has 0 saturated heterocycles. The number of aliphatic hydroxyl groups is 1. The van der Waals surface area contributed by atoms with Gasteiger partial charge in [0, 0.05) is 12.7 Å². The van der Waals surface area contributed by atoms with Gasteiger partial charge >= 0.3 is 0 Å². The van der Waals surface area contributed by atoms with Gasteiger partial charge in [-0.3, -0.25) is 4.79 Å². The van der Waals surface area contributed by atoms with Crippen LogP contribution in [-0.4, -0.2) is 38.4 Å². The van der Waals surface area contributed by atoms with Crippen LogP contribution in [0.15, 0.2) is 54.9 Å². The van der Waals surface area contributed by atoms with Gasteiger partial charge in [-0.05, 0) is 50.1 Å². The third kappa shape index (κ3) is 5.00. The highest BCUT2D eigenvalue weighted by molar-refractivity contribution is 5.95. The molecule has 152 valence electrons. The van der Waals surface area contributed by atoms with Crippen LogP contribution in [-0.2, 0) is 6.42 Å². The summed E-state index contributed by atoms with van der Waals surface area (Å²) >= 11 is 0. The minimum atomic E-state index is -0.842. The molecular weight excluding hydrogens is 368 g/mol. The molecular formula is C22H26N4O3. The van der Waals surface area contributed by atoms with Crippen LogP contribution in [0.3, 0.4) is 0 Å². The quantitative estimate of drug-likeness (QED) is 0.613. The third-order valence-electron chi connectivity index (χ3n) is 4.39. The molecule has 29 heavy (non-hydrogen) atoms. The van der Waals surface area contributed by atoms with Gasteiger partial charge in [-0.15, -0.1) is 0 Å². The minimum Gasteiger partial charge on any atom is -0.491 e. The number of nitrogens with one attached hydrogen (secondary N) is 1. The minimum absolute atomic E-state index is 0.0465. The van der Waals surface area contributed by atoms with Gasteiger partial charge in [0.05, 0.1) is 29.7 Å². The average molecular weight is 394 g/mol. The van der Waals surface area contributed by atoms with Gasteiger partial charge in [0.2, 0.25) is 0 Å². The Morgan fingerprint density at radius 2 is 2.07 bits per heavy atom. The summed E-state index contributed by atoms with van der Waals surface area (Å²) in [7, 11) is 0. The number of carbonyl (C=O) groups is 1. The van der Waals surface area contributed by atoms with Crippen molar-refractivity contribution in [3.63, 3.8) is 0 Å². The summed E-state index contributed by atoms with van der Waals surface area (Å²) < 4.78 is 7.32. The number of ether oxygens (including phenoxy) is 1. The maximum absolute atomic E-state index is 12.7. The van der Waals surface area contributed by atoms with Crippen molar-refractivity contribution in [1.29, 1.82) is 0 Å². The molecule has 2 N–H and O–H groups in total. The Morgan fingerprint density at radius 3 is 2.76 bits per heavy atom. The smallest absolute Gasteiger partial charge is 0.254 e. The summed E-state index contributed by atoms with van der Waals surface area (Å²) in [6, 6.07) is 12.8. The lowest BCUT2D eigenvalue weighted by molar-refractivity contribution is 0.0915. The highest BCUT2D eigenvalue weighted by atomic mass is 16.5. The molecule has 2 aromatic heterocycles. The van der Waals surface area contributed by atoms with Crippen molar-refractivity contribution in [3.8, 4) is 11.6 Å². The maximum Gasteiger partial charge on any atom is 0.254 e. The molecule has 3 aromatic rings. The number of nitrogens with zero attached hydrogens (tertiary/aromatic N) is 3. The fourth-order valence-electron chi connectivity index (χ4n) is 3.05. The monoisotopic (exact) mass is 394 g/mol. The van der Waals surface area contributed by atoms with Gasteiger partial charge < -0.3 is 15.2 Å². The fourth-order valence-corrected chi connectivity index (χ4v) is 3.05. The number of carbonyl (C=O) groups excluding carboxylic acids is 1. The van der Waals surface area contributed by atoms with E-state index in [0.29, 0.717) is 29.1 Å².